The van der Waals surface area contributed by atoms with Gasteiger partial charge in [0.05, 0.1) is 17.1 Å². The zero-order chi connectivity index (χ0) is 21.0. The minimum absolute atomic E-state index is 0.184. The summed E-state index contributed by atoms with van der Waals surface area (Å²) in [6, 6.07) is 15.5. The monoisotopic (exact) mass is 390 g/mol. The first-order chi connectivity index (χ1) is 14.0. The highest BCUT2D eigenvalue weighted by Gasteiger charge is 2.22. The van der Waals surface area contributed by atoms with Crippen LogP contribution >= 0.6 is 0 Å². The van der Waals surface area contributed by atoms with Crippen LogP contribution in [-0.4, -0.2) is 28.1 Å². The van der Waals surface area contributed by atoms with Crippen molar-refractivity contribution in [3.63, 3.8) is 0 Å². The molecule has 0 saturated carbocycles. The lowest BCUT2D eigenvalue weighted by Crippen LogP contribution is -2.17. The van der Waals surface area contributed by atoms with Gasteiger partial charge in [-0.15, -0.1) is 0 Å². The van der Waals surface area contributed by atoms with Crippen molar-refractivity contribution < 1.29 is 14.3 Å². The number of rotatable bonds is 7. The molecule has 1 heterocycles. The number of hydrogen-bond donors (Lipinski definition) is 0. The normalized spacial score (nSPS) is 10.8. The second-order valence-electron chi connectivity index (χ2n) is 6.99. The molecule has 0 aliphatic rings. The molecule has 0 N–H and O–H groups in total. The lowest BCUT2D eigenvalue weighted by Gasteiger charge is -2.10. The highest BCUT2D eigenvalue weighted by atomic mass is 16.5. The van der Waals surface area contributed by atoms with Crippen molar-refractivity contribution in [1.29, 1.82) is 0 Å². The summed E-state index contributed by atoms with van der Waals surface area (Å²) in [5.74, 6) is -0.712. The number of benzene rings is 2. The highest BCUT2D eigenvalue weighted by molar-refractivity contribution is 6.01. The Bertz CT molecular complexity index is 1040. The lowest BCUT2D eigenvalue weighted by atomic mass is 9.98. The Labute approximate surface area is 171 Å². The molecule has 0 saturated heterocycles. The third kappa shape index (κ3) is 4.29. The van der Waals surface area contributed by atoms with Crippen LogP contribution in [0.1, 0.15) is 57.1 Å². The van der Waals surface area contributed by atoms with Gasteiger partial charge in [-0.3, -0.25) is 4.79 Å². The number of aromatic nitrogens is 2. The Balaban J connectivity index is 1.78. The third-order valence-electron chi connectivity index (χ3n) is 5.09. The van der Waals surface area contributed by atoms with Gasteiger partial charge in [0.1, 0.15) is 5.56 Å². The molecule has 5 heteroatoms. The van der Waals surface area contributed by atoms with Crippen LogP contribution in [0.2, 0.25) is 0 Å². The molecule has 150 valence electrons. The van der Waals surface area contributed by atoms with E-state index >= 15 is 0 Å². The summed E-state index contributed by atoms with van der Waals surface area (Å²) in [4.78, 5) is 25.4. The minimum atomic E-state index is -0.528. The number of ether oxygens (including phenoxy) is 1. The molecular formula is C24H26N2O3. The summed E-state index contributed by atoms with van der Waals surface area (Å²) >= 11 is 0. The van der Waals surface area contributed by atoms with Gasteiger partial charge in [0.25, 0.3) is 0 Å². The average Bonchev–Trinajstić information content (AvgIpc) is 3.05. The predicted molar refractivity (Wildman–Crippen MR) is 113 cm³/mol. The number of ketones is 1. The van der Waals surface area contributed by atoms with Gasteiger partial charge in [0.2, 0.25) is 5.78 Å². The SMILES string of the molecule is CCc1ccc(CC)c(C(=O)COC(=O)c2c(C)nn(-c3ccccc3)c2C)c1. The lowest BCUT2D eigenvalue weighted by molar-refractivity contribution is 0.0473. The molecule has 1 aromatic heterocycles. The summed E-state index contributed by atoms with van der Waals surface area (Å²) in [5, 5.41) is 4.47. The van der Waals surface area contributed by atoms with E-state index in [1.165, 1.54) is 0 Å². The number of carbonyl (C=O) groups excluding carboxylic acids is 2. The maximum Gasteiger partial charge on any atom is 0.342 e. The maximum atomic E-state index is 12.7. The van der Waals surface area contributed by atoms with Gasteiger partial charge in [-0.05, 0) is 56.0 Å². The van der Waals surface area contributed by atoms with E-state index in [-0.39, 0.29) is 12.4 Å². The molecule has 2 aromatic carbocycles. The number of carbonyl (C=O) groups is 2. The van der Waals surface area contributed by atoms with Gasteiger partial charge in [0, 0.05) is 5.56 Å². The molecule has 0 radical (unpaired) electrons. The van der Waals surface area contributed by atoms with Crippen LogP contribution < -0.4 is 0 Å². The van der Waals surface area contributed by atoms with E-state index in [0.29, 0.717) is 22.5 Å². The quantitative estimate of drug-likeness (QED) is 0.435. The number of esters is 1. The largest absolute Gasteiger partial charge is 0.454 e. The fourth-order valence-corrected chi connectivity index (χ4v) is 3.45. The van der Waals surface area contributed by atoms with E-state index < -0.39 is 5.97 Å². The molecule has 0 atom stereocenters. The van der Waals surface area contributed by atoms with Crippen molar-refractivity contribution in [2.45, 2.75) is 40.5 Å². The Morgan fingerprint density at radius 3 is 2.38 bits per heavy atom. The molecule has 0 aliphatic carbocycles. The molecular weight excluding hydrogens is 364 g/mol. The van der Waals surface area contributed by atoms with E-state index in [0.717, 1.165) is 29.7 Å². The van der Waals surface area contributed by atoms with Crippen LogP contribution in [0, 0.1) is 13.8 Å². The second-order valence-corrected chi connectivity index (χ2v) is 6.99. The fourth-order valence-electron chi connectivity index (χ4n) is 3.45. The standard InChI is InChI=1S/C24H26N2O3/c1-5-18-12-13-19(6-2)21(14-18)22(27)15-29-24(28)23-16(3)25-26(17(23)4)20-10-8-7-9-11-20/h7-14H,5-6,15H2,1-4H3. The van der Waals surface area contributed by atoms with E-state index in [4.69, 9.17) is 4.74 Å². The van der Waals surface area contributed by atoms with E-state index in [2.05, 4.69) is 5.10 Å². The van der Waals surface area contributed by atoms with Crippen molar-refractivity contribution in [2.24, 2.45) is 0 Å². The molecule has 3 aromatic rings. The Morgan fingerprint density at radius 2 is 1.72 bits per heavy atom. The topological polar surface area (TPSA) is 61.2 Å². The van der Waals surface area contributed by atoms with Gasteiger partial charge in [-0.25, -0.2) is 9.48 Å². The highest BCUT2D eigenvalue weighted by Crippen LogP contribution is 2.19. The van der Waals surface area contributed by atoms with Crippen molar-refractivity contribution in [3.8, 4) is 5.69 Å². The summed E-state index contributed by atoms with van der Waals surface area (Å²) in [6.07, 6.45) is 1.60. The minimum Gasteiger partial charge on any atom is -0.454 e. The first kappa shape index (κ1) is 20.5. The first-order valence-electron chi connectivity index (χ1n) is 9.90. The van der Waals surface area contributed by atoms with Gasteiger partial charge in [-0.2, -0.15) is 5.10 Å². The molecule has 0 aliphatic heterocycles. The molecule has 0 unspecified atom stereocenters. The number of nitrogens with zero attached hydrogens (tertiary/aromatic N) is 2. The van der Waals surface area contributed by atoms with Crippen LogP contribution in [0.4, 0.5) is 0 Å². The average molecular weight is 390 g/mol. The zero-order valence-electron chi connectivity index (χ0n) is 17.4. The Morgan fingerprint density at radius 1 is 1.00 bits per heavy atom. The molecule has 29 heavy (non-hydrogen) atoms. The van der Waals surface area contributed by atoms with Crippen LogP contribution in [-0.2, 0) is 17.6 Å². The zero-order valence-corrected chi connectivity index (χ0v) is 17.4. The van der Waals surface area contributed by atoms with E-state index in [9.17, 15) is 9.59 Å². The Kier molecular flexibility index (Phi) is 6.27. The van der Waals surface area contributed by atoms with Gasteiger partial charge in [-0.1, -0.05) is 44.2 Å². The molecule has 0 spiro atoms. The fraction of sp³-hybridized carbons (Fsp3) is 0.292. The number of hydrogen-bond acceptors (Lipinski definition) is 4. The third-order valence-corrected chi connectivity index (χ3v) is 5.09. The van der Waals surface area contributed by atoms with Crippen LogP contribution in [0.3, 0.4) is 0 Å². The molecule has 3 rings (SSSR count). The maximum absolute atomic E-state index is 12.7. The molecule has 5 nitrogen and oxygen atoms in total. The van der Waals surface area contributed by atoms with Crippen molar-refractivity contribution in [1.82, 2.24) is 9.78 Å². The van der Waals surface area contributed by atoms with Gasteiger partial charge in [0.15, 0.2) is 6.61 Å². The Hall–Kier alpha value is -3.21. The van der Waals surface area contributed by atoms with E-state index in [1.54, 1.807) is 11.6 Å². The molecule has 0 fully saturated rings. The summed E-state index contributed by atoms with van der Waals surface area (Å²) in [5.41, 5.74) is 5.22. The first-order valence-corrected chi connectivity index (χ1v) is 9.90. The van der Waals surface area contributed by atoms with Crippen molar-refractivity contribution >= 4 is 11.8 Å². The van der Waals surface area contributed by atoms with Gasteiger partial charge >= 0.3 is 5.97 Å². The van der Waals surface area contributed by atoms with Crippen molar-refractivity contribution in [3.05, 3.63) is 82.2 Å². The van der Waals surface area contributed by atoms with Crippen LogP contribution in [0.15, 0.2) is 48.5 Å². The van der Waals surface area contributed by atoms with Crippen LogP contribution in [0.5, 0.6) is 0 Å². The number of para-hydroxylation sites is 1. The number of Topliss-reactive ketones (excluding diaryl/α,β-unsaturated/α-hetero) is 1. The van der Waals surface area contributed by atoms with Crippen LogP contribution in [0.25, 0.3) is 5.69 Å². The van der Waals surface area contributed by atoms with E-state index in [1.807, 2.05) is 69.3 Å². The summed E-state index contributed by atoms with van der Waals surface area (Å²) in [6.45, 7) is 7.37. The van der Waals surface area contributed by atoms with Gasteiger partial charge < -0.3 is 4.74 Å². The smallest absolute Gasteiger partial charge is 0.342 e. The summed E-state index contributed by atoms with van der Waals surface area (Å²) in [7, 11) is 0. The molecule has 0 amide bonds. The van der Waals surface area contributed by atoms with Crippen molar-refractivity contribution in [2.75, 3.05) is 6.61 Å². The number of aryl methyl sites for hydroxylation is 3. The predicted octanol–water partition coefficient (Wildman–Crippen LogP) is 4.65. The summed E-state index contributed by atoms with van der Waals surface area (Å²) < 4.78 is 7.10. The second kappa shape index (κ2) is 8.86. The molecule has 0 bridgehead atoms.